The number of imidazole rings is 1. The van der Waals surface area contributed by atoms with Crippen LogP contribution in [0.3, 0.4) is 0 Å². The summed E-state index contributed by atoms with van der Waals surface area (Å²) in [6.07, 6.45) is 1.10. The summed E-state index contributed by atoms with van der Waals surface area (Å²) in [6, 6.07) is 0. The minimum atomic E-state index is -0.935. The Labute approximate surface area is 99.7 Å². The number of alkyl halides is 1. The van der Waals surface area contributed by atoms with Gasteiger partial charge in [0.05, 0.1) is 6.61 Å². The van der Waals surface area contributed by atoms with E-state index < -0.39 is 15.8 Å². The van der Waals surface area contributed by atoms with E-state index in [-0.39, 0.29) is 12.4 Å². The quantitative estimate of drug-likeness (QED) is 0.364. The van der Waals surface area contributed by atoms with E-state index in [0.717, 1.165) is 10.8 Å². The van der Waals surface area contributed by atoms with Crippen LogP contribution in [0.15, 0.2) is 6.20 Å². The van der Waals surface area contributed by atoms with Crippen LogP contribution in [0, 0.1) is 17.0 Å². The van der Waals surface area contributed by atoms with Crippen molar-refractivity contribution in [3.8, 4) is 0 Å². The van der Waals surface area contributed by atoms with Crippen molar-refractivity contribution in [2.24, 2.45) is 0 Å². The van der Waals surface area contributed by atoms with Gasteiger partial charge < -0.3 is 14.9 Å². The Kier molecular flexibility index (Phi) is 3.99. The lowest BCUT2D eigenvalue weighted by molar-refractivity contribution is -0.392. The van der Waals surface area contributed by atoms with Gasteiger partial charge in [0, 0.05) is 6.92 Å². The van der Waals surface area contributed by atoms with Crippen LogP contribution in [0.4, 0.5) is 5.82 Å². The van der Waals surface area contributed by atoms with Crippen molar-refractivity contribution >= 4 is 27.7 Å². The Bertz CT molecular complexity index is 417. The average molecular weight is 292 g/mol. The summed E-state index contributed by atoms with van der Waals surface area (Å²) in [5.41, 5.74) is 0. The van der Waals surface area contributed by atoms with Crippen LogP contribution in [-0.4, -0.2) is 27.1 Å². The van der Waals surface area contributed by atoms with Crippen LogP contribution in [0.2, 0.25) is 0 Å². The summed E-state index contributed by atoms with van der Waals surface area (Å²) < 4.78 is 5.92. The molecule has 1 atom stereocenters. The zero-order valence-electron chi connectivity index (χ0n) is 8.71. The normalized spacial score (nSPS) is 12.2. The number of halogens is 1. The van der Waals surface area contributed by atoms with Gasteiger partial charge in [-0.3, -0.25) is 0 Å². The van der Waals surface area contributed by atoms with Gasteiger partial charge in [-0.05, 0) is 27.8 Å². The second-order valence-corrected chi connectivity index (χ2v) is 3.75. The van der Waals surface area contributed by atoms with Gasteiger partial charge >= 0.3 is 11.8 Å². The van der Waals surface area contributed by atoms with Gasteiger partial charge in [0.25, 0.3) is 4.95 Å². The third kappa shape index (κ3) is 2.38. The number of hydrogen-bond donors (Lipinski definition) is 0. The molecule has 0 saturated heterocycles. The SMILES string of the molecule is CCOC(=O)C(Br)n1c([N+](=O)[O-])cnc1C. The van der Waals surface area contributed by atoms with Crippen molar-refractivity contribution in [2.45, 2.75) is 18.8 Å². The van der Waals surface area contributed by atoms with E-state index in [4.69, 9.17) is 4.74 Å². The number of aryl methyl sites for hydroxylation is 1. The van der Waals surface area contributed by atoms with E-state index in [0.29, 0.717) is 5.82 Å². The topological polar surface area (TPSA) is 87.3 Å². The minimum Gasteiger partial charge on any atom is -0.462 e. The molecule has 0 aliphatic carbocycles. The Balaban J connectivity index is 3.06. The predicted octanol–water partition coefficient (Wildman–Crippen LogP) is 1.56. The van der Waals surface area contributed by atoms with Crippen LogP contribution in [0.1, 0.15) is 17.7 Å². The summed E-state index contributed by atoms with van der Waals surface area (Å²) in [7, 11) is 0. The molecule has 0 spiro atoms. The second-order valence-electron chi connectivity index (χ2n) is 2.88. The monoisotopic (exact) mass is 291 g/mol. The lowest BCUT2D eigenvalue weighted by atomic mass is 10.5. The highest BCUT2D eigenvalue weighted by Crippen LogP contribution is 2.25. The standard InChI is InChI=1S/C8H10BrN3O4/c1-3-16-8(13)7(9)11-5(2)10-4-6(11)12(14)15/h4,7H,3H2,1-2H3. The first kappa shape index (κ1) is 12.6. The van der Waals surface area contributed by atoms with Gasteiger partial charge in [-0.2, -0.15) is 4.57 Å². The van der Waals surface area contributed by atoms with Crippen LogP contribution >= 0.6 is 15.9 Å². The molecule has 0 N–H and O–H groups in total. The van der Waals surface area contributed by atoms with E-state index >= 15 is 0 Å². The van der Waals surface area contributed by atoms with E-state index in [1.807, 2.05) is 0 Å². The number of ether oxygens (including phenoxy) is 1. The summed E-state index contributed by atoms with van der Waals surface area (Å²) in [5.74, 6) is -0.485. The van der Waals surface area contributed by atoms with Crippen molar-refractivity contribution in [3.05, 3.63) is 22.1 Å². The van der Waals surface area contributed by atoms with Crippen LogP contribution in [-0.2, 0) is 9.53 Å². The van der Waals surface area contributed by atoms with E-state index in [1.54, 1.807) is 13.8 Å². The third-order valence-corrected chi connectivity index (χ3v) is 2.64. The third-order valence-electron chi connectivity index (χ3n) is 1.86. The van der Waals surface area contributed by atoms with Crippen LogP contribution < -0.4 is 0 Å². The zero-order chi connectivity index (χ0) is 12.3. The molecule has 1 heterocycles. The molecule has 16 heavy (non-hydrogen) atoms. The largest absolute Gasteiger partial charge is 0.462 e. The number of nitrogens with zero attached hydrogens (tertiary/aromatic N) is 3. The smallest absolute Gasteiger partial charge is 0.363 e. The van der Waals surface area contributed by atoms with Crippen LogP contribution in [0.25, 0.3) is 0 Å². The number of hydrogen-bond acceptors (Lipinski definition) is 5. The lowest BCUT2D eigenvalue weighted by Crippen LogP contribution is -2.19. The molecular formula is C8H10BrN3O4. The summed E-state index contributed by atoms with van der Waals surface area (Å²) >= 11 is 3.05. The zero-order valence-corrected chi connectivity index (χ0v) is 10.3. The molecule has 1 aromatic heterocycles. The number of nitro groups is 1. The van der Waals surface area contributed by atoms with E-state index in [2.05, 4.69) is 20.9 Å². The molecule has 0 aliphatic rings. The maximum Gasteiger partial charge on any atom is 0.363 e. The van der Waals surface area contributed by atoms with Gasteiger partial charge in [0.15, 0.2) is 5.82 Å². The number of carbonyl (C=O) groups excluding carboxylic acids is 1. The molecular weight excluding hydrogens is 282 g/mol. The molecule has 8 heteroatoms. The number of aromatic nitrogens is 2. The molecule has 0 aliphatic heterocycles. The Hall–Kier alpha value is -1.44. The number of rotatable bonds is 4. The molecule has 0 radical (unpaired) electrons. The predicted molar refractivity (Wildman–Crippen MR) is 58.2 cm³/mol. The first-order chi connectivity index (χ1) is 7.49. The highest BCUT2D eigenvalue weighted by molar-refractivity contribution is 9.09. The maximum absolute atomic E-state index is 11.4. The van der Waals surface area contributed by atoms with Crippen molar-refractivity contribution in [1.29, 1.82) is 0 Å². The first-order valence-corrected chi connectivity index (χ1v) is 5.39. The number of carbonyl (C=O) groups is 1. The van der Waals surface area contributed by atoms with Gasteiger partial charge in [0.1, 0.15) is 6.20 Å². The van der Waals surface area contributed by atoms with Crippen molar-refractivity contribution in [1.82, 2.24) is 9.55 Å². The molecule has 0 fully saturated rings. The molecule has 1 aromatic rings. The highest BCUT2D eigenvalue weighted by Gasteiger charge is 2.30. The van der Waals surface area contributed by atoms with Gasteiger partial charge in [-0.15, -0.1) is 0 Å². The second kappa shape index (κ2) is 5.06. The van der Waals surface area contributed by atoms with E-state index in [9.17, 15) is 14.9 Å². The average Bonchev–Trinajstić information content (AvgIpc) is 2.59. The van der Waals surface area contributed by atoms with Gasteiger partial charge in [-0.1, -0.05) is 0 Å². The summed E-state index contributed by atoms with van der Waals surface area (Å²) in [5, 5.41) is 10.7. The molecule has 0 saturated carbocycles. The van der Waals surface area contributed by atoms with Gasteiger partial charge in [0.2, 0.25) is 0 Å². The molecule has 1 unspecified atom stereocenters. The Morgan fingerprint density at radius 3 is 2.94 bits per heavy atom. The maximum atomic E-state index is 11.4. The summed E-state index contributed by atoms with van der Waals surface area (Å²) in [6.45, 7) is 3.44. The van der Waals surface area contributed by atoms with Gasteiger partial charge in [-0.25, -0.2) is 9.78 Å². The fourth-order valence-corrected chi connectivity index (χ4v) is 1.81. The molecule has 0 aromatic carbocycles. The first-order valence-electron chi connectivity index (χ1n) is 4.48. The van der Waals surface area contributed by atoms with Crippen molar-refractivity contribution in [2.75, 3.05) is 6.61 Å². The fourth-order valence-electron chi connectivity index (χ4n) is 1.17. The molecule has 88 valence electrons. The molecule has 0 amide bonds. The lowest BCUT2D eigenvalue weighted by Gasteiger charge is -2.08. The molecule has 1 rings (SSSR count). The van der Waals surface area contributed by atoms with Crippen molar-refractivity contribution < 1.29 is 14.5 Å². The summed E-state index contributed by atoms with van der Waals surface area (Å²) in [4.78, 5) is 24.4. The molecule has 0 bridgehead atoms. The number of esters is 1. The highest BCUT2D eigenvalue weighted by atomic mass is 79.9. The Morgan fingerprint density at radius 1 is 1.81 bits per heavy atom. The van der Waals surface area contributed by atoms with E-state index in [1.165, 1.54) is 0 Å². The minimum absolute atomic E-state index is 0.211. The fraction of sp³-hybridized carbons (Fsp3) is 0.500. The Morgan fingerprint density at radius 2 is 2.44 bits per heavy atom. The van der Waals surface area contributed by atoms with Crippen molar-refractivity contribution in [3.63, 3.8) is 0 Å². The van der Waals surface area contributed by atoms with Crippen LogP contribution in [0.5, 0.6) is 0 Å². The molecule has 7 nitrogen and oxygen atoms in total.